The lowest BCUT2D eigenvalue weighted by molar-refractivity contribution is -0.145. The minimum absolute atomic E-state index is 0.179. The SMILES string of the molecule is COC(=O)C1=C(C)C=C(N2CCOCC2)[C@@H](C(=O)OC)[C@@H]1c1ccc(NC(C)=O)cc1. The highest BCUT2D eigenvalue weighted by Crippen LogP contribution is 2.44. The van der Waals surface area contributed by atoms with Crippen LogP contribution in [0.1, 0.15) is 25.3 Å². The van der Waals surface area contributed by atoms with E-state index < -0.39 is 23.8 Å². The standard InChI is InChI=1S/C23H28N2O6/c1-14-13-18(25-9-11-31-12-10-25)21(23(28)30-4)20(19(14)22(27)29-3)16-5-7-17(8-6-16)24-15(2)26/h5-8,13,20-21H,9-12H2,1-4H3,(H,24,26)/t20-,21-/m1/s1. The third-order valence-electron chi connectivity index (χ3n) is 5.58. The van der Waals surface area contributed by atoms with Crippen LogP contribution in [0.25, 0.3) is 0 Å². The van der Waals surface area contributed by atoms with Crippen LogP contribution in [-0.4, -0.2) is 63.3 Å². The van der Waals surface area contributed by atoms with Gasteiger partial charge in [-0.05, 0) is 36.3 Å². The van der Waals surface area contributed by atoms with Crippen molar-refractivity contribution in [3.63, 3.8) is 0 Å². The average Bonchev–Trinajstić information content (AvgIpc) is 2.78. The normalized spacial score (nSPS) is 21.3. The Morgan fingerprint density at radius 2 is 1.71 bits per heavy atom. The first-order valence-electron chi connectivity index (χ1n) is 10.2. The van der Waals surface area contributed by atoms with E-state index in [1.54, 1.807) is 12.1 Å². The number of rotatable bonds is 5. The van der Waals surface area contributed by atoms with Crippen LogP contribution >= 0.6 is 0 Å². The second-order valence-electron chi connectivity index (χ2n) is 7.54. The van der Waals surface area contributed by atoms with Crippen molar-refractivity contribution >= 4 is 23.5 Å². The summed E-state index contributed by atoms with van der Waals surface area (Å²) >= 11 is 0. The second kappa shape index (κ2) is 9.78. The van der Waals surface area contributed by atoms with Crippen molar-refractivity contribution in [3.8, 4) is 0 Å². The van der Waals surface area contributed by atoms with Crippen molar-refractivity contribution in [1.82, 2.24) is 4.90 Å². The number of anilines is 1. The zero-order valence-electron chi connectivity index (χ0n) is 18.3. The highest BCUT2D eigenvalue weighted by molar-refractivity contribution is 5.95. The van der Waals surface area contributed by atoms with Gasteiger partial charge in [-0.25, -0.2) is 4.79 Å². The number of esters is 2. The molecule has 1 N–H and O–H groups in total. The van der Waals surface area contributed by atoms with Crippen LogP contribution < -0.4 is 5.32 Å². The number of nitrogens with one attached hydrogen (secondary N) is 1. The summed E-state index contributed by atoms with van der Waals surface area (Å²) in [7, 11) is 2.67. The molecule has 3 rings (SSSR count). The molecule has 0 bridgehead atoms. The van der Waals surface area contributed by atoms with Crippen molar-refractivity contribution in [2.24, 2.45) is 5.92 Å². The number of morpholine rings is 1. The van der Waals surface area contributed by atoms with E-state index in [1.165, 1.54) is 21.1 Å². The number of hydrogen-bond acceptors (Lipinski definition) is 7. The van der Waals surface area contributed by atoms with Crippen molar-refractivity contribution in [3.05, 3.63) is 52.7 Å². The maximum Gasteiger partial charge on any atom is 0.334 e. The molecule has 2 aliphatic rings. The summed E-state index contributed by atoms with van der Waals surface area (Å²) in [5.41, 5.74) is 3.34. The first-order chi connectivity index (χ1) is 14.9. The van der Waals surface area contributed by atoms with Gasteiger partial charge < -0.3 is 24.4 Å². The molecule has 2 atom stereocenters. The number of hydrogen-bond donors (Lipinski definition) is 1. The molecule has 1 saturated heterocycles. The highest BCUT2D eigenvalue weighted by Gasteiger charge is 2.44. The van der Waals surface area contributed by atoms with Gasteiger partial charge in [0.1, 0.15) is 5.92 Å². The van der Waals surface area contributed by atoms with Crippen molar-refractivity contribution in [2.45, 2.75) is 19.8 Å². The van der Waals surface area contributed by atoms with Gasteiger partial charge in [-0.3, -0.25) is 9.59 Å². The predicted molar refractivity (Wildman–Crippen MR) is 114 cm³/mol. The van der Waals surface area contributed by atoms with Gasteiger partial charge in [0.2, 0.25) is 5.91 Å². The predicted octanol–water partition coefficient (Wildman–Crippen LogP) is 2.24. The van der Waals surface area contributed by atoms with Crippen molar-refractivity contribution < 1.29 is 28.6 Å². The molecule has 1 aromatic carbocycles. The summed E-state index contributed by atoms with van der Waals surface area (Å²) in [6, 6.07) is 7.12. The van der Waals surface area contributed by atoms with Crippen molar-refractivity contribution in [1.29, 1.82) is 0 Å². The van der Waals surface area contributed by atoms with E-state index >= 15 is 0 Å². The zero-order chi connectivity index (χ0) is 22.5. The fourth-order valence-electron chi connectivity index (χ4n) is 4.20. The quantitative estimate of drug-likeness (QED) is 0.719. The Balaban J connectivity index is 2.12. The molecule has 1 aliphatic heterocycles. The van der Waals surface area contributed by atoms with E-state index in [0.29, 0.717) is 37.6 Å². The molecule has 1 aromatic rings. The van der Waals surface area contributed by atoms with E-state index in [9.17, 15) is 14.4 Å². The Morgan fingerprint density at radius 1 is 1.06 bits per heavy atom. The second-order valence-corrected chi connectivity index (χ2v) is 7.54. The van der Waals surface area contributed by atoms with Crippen LogP contribution in [0.15, 0.2) is 47.2 Å². The molecule has 0 aromatic heterocycles. The maximum atomic E-state index is 13.0. The fraction of sp³-hybridized carbons (Fsp3) is 0.435. The number of amides is 1. The molecule has 0 unspecified atom stereocenters. The first kappa shape index (κ1) is 22.6. The van der Waals surface area contributed by atoms with E-state index in [1.807, 2.05) is 25.1 Å². The summed E-state index contributed by atoms with van der Waals surface area (Å²) in [5, 5.41) is 2.73. The van der Waals surface area contributed by atoms with Gasteiger partial charge in [0.05, 0.1) is 27.4 Å². The van der Waals surface area contributed by atoms with Crippen LogP contribution in [0, 0.1) is 5.92 Å². The van der Waals surface area contributed by atoms with Crippen LogP contribution in [-0.2, 0) is 28.6 Å². The monoisotopic (exact) mass is 428 g/mol. The van der Waals surface area contributed by atoms with Gasteiger partial charge in [0.15, 0.2) is 0 Å². The highest BCUT2D eigenvalue weighted by atomic mass is 16.5. The smallest absolute Gasteiger partial charge is 0.334 e. The largest absolute Gasteiger partial charge is 0.468 e. The topological polar surface area (TPSA) is 94.2 Å². The molecule has 31 heavy (non-hydrogen) atoms. The van der Waals surface area contributed by atoms with E-state index in [2.05, 4.69) is 10.2 Å². The summed E-state index contributed by atoms with van der Waals surface area (Å²) in [5.74, 6) is -2.40. The summed E-state index contributed by atoms with van der Waals surface area (Å²) in [6.07, 6.45) is 1.88. The van der Waals surface area contributed by atoms with Gasteiger partial charge >= 0.3 is 11.9 Å². The zero-order valence-corrected chi connectivity index (χ0v) is 18.3. The number of carbonyl (C=O) groups excluding carboxylic acids is 3. The van der Waals surface area contributed by atoms with Gasteiger partial charge in [0.25, 0.3) is 0 Å². The molecule has 8 nitrogen and oxygen atoms in total. The maximum absolute atomic E-state index is 13.0. The number of nitrogens with zero attached hydrogens (tertiary/aromatic N) is 1. The molecule has 1 fully saturated rings. The molecular formula is C23H28N2O6. The molecular weight excluding hydrogens is 400 g/mol. The minimum Gasteiger partial charge on any atom is -0.468 e. The molecule has 166 valence electrons. The third-order valence-corrected chi connectivity index (χ3v) is 5.58. The number of methoxy groups -OCH3 is 2. The third kappa shape index (κ3) is 4.80. The van der Waals surface area contributed by atoms with Crippen LogP contribution in [0.4, 0.5) is 5.69 Å². The van der Waals surface area contributed by atoms with E-state index in [4.69, 9.17) is 14.2 Å². The minimum atomic E-state index is -0.715. The lowest BCUT2D eigenvalue weighted by Crippen LogP contribution is -2.43. The number of benzene rings is 1. The summed E-state index contributed by atoms with van der Waals surface area (Å²) in [6.45, 7) is 5.70. The molecule has 1 amide bonds. The lowest BCUT2D eigenvalue weighted by Gasteiger charge is -2.40. The molecule has 1 aliphatic carbocycles. The lowest BCUT2D eigenvalue weighted by atomic mass is 9.73. The molecule has 1 heterocycles. The summed E-state index contributed by atoms with van der Waals surface area (Å²) < 4.78 is 15.7. The number of ether oxygens (including phenoxy) is 3. The van der Waals surface area contributed by atoms with Crippen LogP contribution in [0.3, 0.4) is 0 Å². The number of carbonyl (C=O) groups is 3. The van der Waals surface area contributed by atoms with Gasteiger partial charge in [0, 0.05) is 42.9 Å². The Morgan fingerprint density at radius 3 is 2.26 bits per heavy atom. The van der Waals surface area contributed by atoms with Gasteiger partial charge in [-0.2, -0.15) is 0 Å². The Hall–Kier alpha value is -3.13. The van der Waals surface area contributed by atoms with Crippen molar-refractivity contribution in [2.75, 3.05) is 45.8 Å². The first-order valence-corrected chi connectivity index (χ1v) is 10.2. The van der Waals surface area contributed by atoms with Gasteiger partial charge in [-0.1, -0.05) is 12.1 Å². The molecule has 0 spiro atoms. The summed E-state index contributed by atoms with van der Waals surface area (Å²) in [4.78, 5) is 39.3. The van der Waals surface area contributed by atoms with Gasteiger partial charge in [-0.15, -0.1) is 0 Å². The van der Waals surface area contributed by atoms with Crippen LogP contribution in [0.2, 0.25) is 0 Å². The van der Waals surface area contributed by atoms with E-state index in [0.717, 1.165) is 16.8 Å². The molecule has 8 heteroatoms. The average molecular weight is 428 g/mol. The molecule has 0 radical (unpaired) electrons. The molecule has 0 saturated carbocycles. The Bertz CT molecular complexity index is 912. The number of allylic oxidation sites excluding steroid dienone is 2. The Labute approximate surface area is 181 Å². The van der Waals surface area contributed by atoms with Crippen LogP contribution in [0.5, 0.6) is 0 Å². The van der Waals surface area contributed by atoms with E-state index in [-0.39, 0.29) is 5.91 Å². The Kier molecular flexibility index (Phi) is 7.12. The fourth-order valence-corrected chi connectivity index (χ4v) is 4.20.